The van der Waals surface area contributed by atoms with Crippen molar-refractivity contribution < 1.29 is 9.53 Å². The van der Waals surface area contributed by atoms with Gasteiger partial charge in [0.2, 0.25) is 5.91 Å². The average Bonchev–Trinajstić information content (AvgIpc) is 3.60. The van der Waals surface area contributed by atoms with Gasteiger partial charge in [-0.05, 0) is 43.2 Å². The van der Waals surface area contributed by atoms with Crippen molar-refractivity contribution in [3.8, 4) is 28.3 Å². The number of hydrogen-bond acceptors (Lipinski definition) is 5. The van der Waals surface area contributed by atoms with E-state index in [2.05, 4.69) is 16.1 Å². The molecule has 0 aliphatic carbocycles. The van der Waals surface area contributed by atoms with Gasteiger partial charge in [-0.3, -0.25) is 9.20 Å². The van der Waals surface area contributed by atoms with Gasteiger partial charge in [0.1, 0.15) is 11.6 Å². The number of carbonyl (C=O) groups is 1. The van der Waals surface area contributed by atoms with Crippen molar-refractivity contribution >= 4 is 27.9 Å². The van der Waals surface area contributed by atoms with Gasteiger partial charge in [0.25, 0.3) is 0 Å². The van der Waals surface area contributed by atoms with E-state index < -0.39 is 0 Å². The molecule has 2 aromatic carbocycles. The maximum absolute atomic E-state index is 13.1. The highest BCUT2D eigenvalue weighted by molar-refractivity contribution is 7.15. The van der Waals surface area contributed by atoms with E-state index >= 15 is 0 Å². The Labute approximate surface area is 207 Å². The van der Waals surface area contributed by atoms with E-state index in [-0.39, 0.29) is 12.3 Å². The Hall–Kier alpha value is -3.91. The molecular formula is C27H25N5O2S. The van der Waals surface area contributed by atoms with Crippen LogP contribution < -0.4 is 10.1 Å². The molecule has 0 spiro atoms. The van der Waals surface area contributed by atoms with Gasteiger partial charge in [-0.15, -0.1) is 11.3 Å². The summed E-state index contributed by atoms with van der Waals surface area (Å²) in [6.07, 6.45) is 7.72. The molecule has 1 aliphatic rings. The van der Waals surface area contributed by atoms with Gasteiger partial charge in [-0.1, -0.05) is 18.2 Å². The van der Waals surface area contributed by atoms with Crippen LogP contribution in [-0.4, -0.2) is 32.0 Å². The molecule has 0 saturated heterocycles. The average molecular weight is 484 g/mol. The number of thiazole rings is 1. The Kier molecular flexibility index (Phi) is 5.58. The predicted molar refractivity (Wildman–Crippen MR) is 138 cm³/mol. The van der Waals surface area contributed by atoms with E-state index in [0.717, 1.165) is 63.4 Å². The van der Waals surface area contributed by atoms with Crippen LogP contribution in [0.4, 0.5) is 5.69 Å². The molecule has 1 aliphatic heterocycles. The number of nitrogens with zero attached hydrogens (tertiary/aromatic N) is 4. The number of aryl methyl sites for hydroxylation is 2. The molecule has 1 N–H and O–H groups in total. The summed E-state index contributed by atoms with van der Waals surface area (Å²) in [6, 6.07) is 15.7. The number of carbonyl (C=O) groups excluding carboxylic acids is 1. The molecule has 5 aromatic rings. The third-order valence-corrected chi connectivity index (χ3v) is 7.29. The number of anilines is 1. The quantitative estimate of drug-likeness (QED) is 0.348. The zero-order chi connectivity index (χ0) is 23.8. The van der Waals surface area contributed by atoms with Crippen LogP contribution in [0, 0.1) is 0 Å². The molecule has 3 aromatic heterocycles. The lowest BCUT2D eigenvalue weighted by Gasteiger charge is -2.11. The summed E-state index contributed by atoms with van der Waals surface area (Å²) < 4.78 is 9.48. The summed E-state index contributed by atoms with van der Waals surface area (Å²) >= 11 is 1.54. The maximum atomic E-state index is 13.1. The van der Waals surface area contributed by atoms with Crippen LogP contribution in [0.15, 0.2) is 66.3 Å². The zero-order valence-electron chi connectivity index (χ0n) is 19.4. The second kappa shape index (κ2) is 9.03. The lowest BCUT2D eigenvalue weighted by Crippen LogP contribution is -2.15. The minimum Gasteiger partial charge on any atom is -0.497 e. The maximum Gasteiger partial charge on any atom is 0.230 e. The number of aromatic nitrogens is 4. The zero-order valence-corrected chi connectivity index (χ0v) is 20.2. The van der Waals surface area contributed by atoms with E-state index in [4.69, 9.17) is 14.7 Å². The third-order valence-electron chi connectivity index (χ3n) is 6.40. The second-order valence-electron chi connectivity index (χ2n) is 8.70. The highest BCUT2D eigenvalue weighted by atomic mass is 32.1. The topological polar surface area (TPSA) is 73.5 Å². The number of rotatable bonds is 6. The van der Waals surface area contributed by atoms with Crippen molar-refractivity contribution in [1.82, 2.24) is 18.9 Å². The molecule has 0 fully saturated rings. The number of fused-ring (bicyclic) bond motifs is 2. The van der Waals surface area contributed by atoms with Gasteiger partial charge in [-0.25, -0.2) is 9.97 Å². The van der Waals surface area contributed by atoms with Gasteiger partial charge in [-0.2, -0.15) is 0 Å². The number of benzene rings is 2. The van der Waals surface area contributed by atoms with Gasteiger partial charge in [0, 0.05) is 47.6 Å². The minimum absolute atomic E-state index is 0.0687. The molecule has 0 bridgehead atoms. The van der Waals surface area contributed by atoms with Crippen LogP contribution in [0.2, 0.25) is 0 Å². The SMILES string of the molecule is COc1ccc(-c2cn3c(CC(=O)Nc4ccccc4-c4cn5c(n4)CCCC5)csc3n2)cc1. The number of imidazole rings is 2. The van der Waals surface area contributed by atoms with Crippen molar-refractivity contribution in [2.24, 2.45) is 0 Å². The third kappa shape index (κ3) is 4.21. The molecule has 0 saturated carbocycles. The Bertz CT molecular complexity index is 1490. The fraction of sp³-hybridized carbons (Fsp3) is 0.222. The van der Waals surface area contributed by atoms with Gasteiger partial charge in [0.15, 0.2) is 4.96 Å². The fourth-order valence-electron chi connectivity index (χ4n) is 4.57. The molecule has 6 rings (SSSR count). The van der Waals surface area contributed by atoms with Crippen LogP contribution in [-0.2, 0) is 24.2 Å². The first-order valence-electron chi connectivity index (χ1n) is 11.7. The van der Waals surface area contributed by atoms with Crippen LogP contribution in [0.25, 0.3) is 27.5 Å². The Morgan fingerprint density at radius 1 is 1.06 bits per heavy atom. The van der Waals surface area contributed by atoms with Crippen molar-refractivity contribution in [3.05, 3.63) is 77.8 Å². The summed E-state index contributed by atoms with van der Waals surface area (Å²) in [7, 11) is 1.65. The number of hydrogen-bond donors (Lipinski definition) is 1. The Morgan fingerprint density at radius 2 is 1.91 bits per heavy atom. The van der Waals surface area contributed by atoms with Gasteiger partial charge < -0.3 is 14.6 Å². The summed E-state index contributed by atoms with van der Waals surface area (Å²) in [4.78, 5) is 23.5. The standard InChI is InChI=1S/C27H25N5O2S/c1-34-20-11-9-18(10-12-20)23-16-32-19(17-35-27(32)30-23)14-26(33)29-22-7-3-2-6-21(22)24-15-31-13-5-4-8-25(31)28-24/h2-3,6-7,9-12,15-17H,4-5,8,13-14H2,1H3,(H,29,33). The molecule has 0 atom stereocenters. The number of methoxy groups -OCH3 is 1. The summed E-state index contributed by atoms with van der Waals surface area (Å²) in [5, 5.41) is 5.11. The van der Waals surface area contributed by atoms with Crippen LogP contribution in [0.5, 0.6) is 5.75 Å². The number of nitrogens with one attached hydrogen (secondary N) is 1. The first-order valence-corrected chi connectivity index (χ1v) is 12.6. The molecule has 8 heteroatoms. The van der Waals surface area contributed by atoms with Crippen molar-refractivity contribution in [2.75, 3.05) is 12.4 Å². The molecule has 4 heterocycles. The molecular weight excluding hydrogens is 458 g/mol. The minimum atomic E-state index is -0.0687. The van der Waals surface area contributed by atoms with E-state index in [1.807, 2.05) is 64.5 Å². The summed E-state index contributed by atoms with van der Waals surface area (Å²) in [6.45, 7) is 1.01. The largest absolute Gasteiger partial charge is 0.497 e. The summed E-state index contributed by atoms with van der Waals surface area (Å²) in [5.74, 6) is 1.87. The predicted octanol–water partition coefficient (Wildman–Crippen LogP) is 5.45. The number of amides is 1. The molecule has 35 heavy (non-hydrogen) atoms. The highest BCUT2D eigenvalue weighted by Gasteiger charge is 2.17. The molecule has 0 radical (unpaired) electrons. The van der Waals surface area contributed by atoms with Gasteiger partial charge in [0.05, 0.1) is 30.6 Å². The van der Waals surface area contributed by atoms with E-state index in [1.54, 1.807) is 7.11 Å². The molecule has 176 valence electrons. The van der Waals surface area contributed by atoms with Crippen molar-refractivity contribution in [1.29, 1.82) is 0 Å². The van der Waals surface area contributed by atoms with E-state index in [1.165, 1.54) is 24.2 Å². The first-order chi connectivity index (χ1) is 17.2. The summed E-state index contributed by atoms with van der Waals surface area (Å²) in [5.41, 5.74) is 5.43. The van der Waals surface area contributed by atoms with Crippen LogP contribution in [0.1, 0.15) is 24.4 Å². The van der Waals surface area contributed by atoms with Crippen LogP contribution in [0.3, 0.4) is 0 Å². The molecule has 1 amide bonds. The van der Waals surface area contributed by atoms with E-state index in [9.17, 15) is 4.79 Å². The smallest absolute Gasteiger partial charge is 0.230 e. The first kappa shape index (κ1) is 21.6. The Balaban J connectivity index is 1.22. The van der Waals surface area contributed by atoms with E-state index in [0.29, 0.717) is 0 Å². The van der Waals surface area contributed by atoms with Crippen LogP contribution >= 0.6 is 11.3 Å². The molecule has 0 unspecified atom stereocenters. The molecule has 7 nitrogen and oxygen atoms in total. The van der Waals surface area contributed by atoms with Gasteiger partial charge >= 0.3 is 0 Å². The lowest BCUT2D eigenvalue weighted by atomic mass is 10.1. The highest BCUT2D eigenvalue weighted by Crippen LogP contribution is 2.30. The second-order valence-corrected chi connectivity index (χ2v) is 9.53. The number of para-hydroxylation sites is 1. The monoisotopic (exact) mass is 483 g/mol. The Morgan fingerprint density at radius 3 is 2.74 bits per heavy atom. The normalized spacial score (nSPS) is 13.1. The van der Waals surface area contributed by atoms with Crippen molar-refractivity contribution in [2.45, 2.75) is 32.2 Å². The lowest BCUT2D eigenvalue weighted by molar-refractivity contribution is -0.115. The number of ether oxygens (including phenoxy) is 1. The fourth-order valence-corrected chi connectivity index (χ4v) is 5.45. The van der Waals surface area contributed by atoms with Crippen molar-refractivity contribution in [3.63, 3.8) is 0 Å².